The van der Waals surface area contributed by atoms with Crippen LogP contribution in [0.15, 0.2) is 6.33 Å². The van der Waals surface area contributed by atoms with E-state index in [1.165, 1.54) is 0 Å². The van der Waals surface area contributed by atoms with Crippen molar-refractivity contribution in [2.45, 2.75) is 19.0 Å². The molecule has 6 heteroatoms. The van der Waals surface area contributed by atoms with Gasteiger partial charge >= 0.3 is 0 Å². The maximum Gasteiger partial charge on any atom is 0.240 e. The third kappa shape index (κ3) is 2.55. The van der Waals surface area contributed by atoms with Crippen LogP contribution in [-0.4, -0.2) is 64.4 Å². The summed E-state index contributed by atoms with van der Waals surface area (Å²) in [4.78, 5) is 24.0. The molecule has 1 amide bonds. The van der Waals surface area contributed by atoms with Gasteiger partial charge in [-0.3, -0.25) is 15.0 Å². The van der Waals surface area contributed by atoms with E-state index in [9.17, 15) is 4.79 Å². The summed E-state index contributed by atoms with van der Waals surface area (Å²) in [6, 6.07) is -0.148. The van der Waals surface area contributed by atoms with E-state index >= 15 is 0 Å². The Morgan fingerprint density at radius 2 is 2.25 bits per heavy atom. The average molecular weight is 273 g/mol. The van der Waals surface area contributed by atoms with Gasteiger partial charge in [-0.2, -0.15) is 0 Å². The fourth-order valence-electron chi connectivity index (χ4n) is 2.82. The molecule has 0 spiro atoms. The molecule has 1 unspecified atom stereocenters. The molecular weight excluding hydrogens is 254 g/mol. The molecule has 0 saturated carbocycles. The first-order valence-corrected chi connectivity index (χ1v) is 6.97. The number of amides is 1. The molecule has 1 fully saturated rings. The van der Waals surface area contributed by atoms with Crippen LogP contribution in [0.3, 0.4) is 0 Å². The van der Waals surface area contributed by atoms with Crippen molar-refractivity contribution in [2.24, 2.45) is 0 Å². The van der Waals surface area contributed by atoms with Gasteiger partial charge in [-0.25, -0.2) is 4.98 Å². The van der Waals surface area contributed by atoms with Crippen LogP contribution in [0, 0.1) is 12.3 Å². The minimum absolute atomic E-state index is 0.148. The number of piperazine rings is 1. The number of nitrogens with zero attached hydrogens (tertiary/aromatic N) is 3. The Morgan fingerprint density at radius 1 is 1.45 bits per heavy atom. The predicted molar refractivity (Wildman–Crippen MR) is 74.8 cm³/mol. The summed E-state index contributed by atoms with van der Waals surface area (Å²) >= 11 is 0. The summed E-state index contributed by atoms with van der Waals surface area (Å²) < 4.78 is 0. The zero-order chi connectivity index (χ0) is 13.9. The highest BCUT2D eigenvalue weighted by Gasteiger charge is 2.30. The lowest BCUT2D eigenvalue weighted by atomic mass is 10.0. The van der Waals surface area contributed by atoms with Crippen molar-refractivity contribution in [1.82, 2.24) is 25.1 Å². The number of carbonyl (C=O) groups is 1. The summed E-state index contributed by atoms with van der Waals surface area (Å²) in [7, 11) is 0. The monoisotopic (exact) mass is 273 g/mol. The molecule has 2 aliphatic heterocycles. The van der Waals surface area contributed by atoms with Crippen LogP contribution in [0.1, 0.15) is 11.4 Å². The lowest BCUT2D eigenvalue weighted by molar-refractivity contribution is -0.135. The van der Waals surface area contributed by atoms with Gasteiger partial charge in [0.15, 0.2) is 0 Å². The highest BCUT2D eigenvalue weighted by Crippen LogP contribution is 2.14. The Hall–Kier alpha value is -1.84. The summed E-state index contributed by atoms with van der Waals surface area (Å²) in [6.07, 6.45) is 7.67. The first-order valence-electron chi connectivity index (χ1n) is 6.97. The number of H-pyrrole nitrogens is 1. The van der Waals surface area contributed by atoms with Crippen LogP contribution in [-0.2, 0) is 17.8 Å². The fraction of sp³-hybridized carbons (Fsp3) is 0.571. The predicted octanol–water partition coefficient (Wildman–Crippen LogP) is -0.799. The maximum atomic E-state index is 12.5. The molecule has 2 aliphatic rings. The number of nitrogens with one attached hydrogen (secondary N) is 2. The number of hydrogen-bond acceptors (Lipinski definition) is 4. The SMILES string of the molecule is C#CCN1CCN(C(=O)C2Cc3nc[nH]c3CN2)CC1. The third-order valence-electron chi connectivity index (χ3n) is 4.03. The molecule has 1 saturated heterocycles. The van der Waals surface area contributed by atoms with Crippen LogP contribution in [0.25, 0.3) is 0 Å². The van der Waals surface area contributed by atoms with Crippen LogP contribution >= 0.6 is 0 Å². The average Bonchev–Trinajstić information content (AvgIpc) is 2.95. The molecule has 20 heavy (non-hydrogen) atoms. The number of carbonyl (C=O) groups excluding carboxylic acids is 1. The van der Waals surface area contributed by atoms with Crippen LogP contribution in [0.4, 0.5) is 0 Å². The standard InChI is InChI=1S/C14H19N5O/c1-2-3-18-4-6-19(7-5-18)14(20)12-8-11-13(9-15-12)17-10-16-11/h1,10,12,15H,3-9H2,(H,16,17). The Kier molecular flexibility index (Phi) is 3.72. The Balaban J connectivity index is 1.57. The third-order valence-corrected chi connectivity index (χ3v) is 4.03. The number of imidazole rings is 1. The Morgan fingerprint density at radius 3 is 3.00 bits per heavy atom. The fourth-order valence-corrected chi connectivity index (χ4v) is 2.82. The normalized spacial score (nSPS) is 23.1. The molecule has 1 aromatic rings. The number of aromatic nitrogens is 2. The van der Waals surface area contributed by atoms with Crippen molar-refractivity contribution < 1.29 is 4.79 Å². The molecule has 0 bridgehead atoms. The lowest BCUT2D eigenvalue weighted by Gasteiger charge is -2.36. The van der Waals surface area contributed by atoms with Crippen LogP contribution in [0.5, 0.6) is 0 Å². The second kappa shape index (κ2) is 5.65. The molecule has 3 rings (SSSR count). The molecule has 0 radical (unpaired) electrons. The van der Waals surface area contributed by atoms with E-state index in [-0.39, 0.29) is 11.9 Å². The maximum absolute atomic E-state index is 12.5. The number of aromatic amines is 1. The van der Waals surface area contributed by atoms with E-state index in [1.807, 2.05) is 4.90 Å². The molecule has 6 nitrogen and oxygen atoms in total. The van der Waals surface area contributed by atoms with Gasteiger partial charge in [-0.05, 0) is 0 Å². The summed E-state index contributed by atoms with van der Waals surface area (Å²) in [5.41, 5.74) is 2.10. The smallest absolute Gasteiger partial charge is 0.240 e. The summed E-state index contributed by atoms with van der Waals surface area (Å²) in [5.74, 6) is 2.83. The summed E-state index contributed by atoms with van der Waals surface area (Å²) in [6.45, 7) is 4.58. The lowest BCUT2D eigenvalue weighted by Crippen LogP contribution is -2.55. The van der Waals surface area contributed by atoms with Gasteiger partial charge in [-0.15, -0.1) is 6.42 Å². The molecule has 1 atom stereocenters. The number of rotatable bonds is 2. The van der Waals surface area contributed by atoms with Gasteiger partial charge in [0.05, 0.1) is 30.3 Å². The van der Waals surface area contributed by atoms with Crippen molar-refractivity contribution in [2.75, 3.05) is 32.7 Å². The molecular formula is C14H19N5O. The van der Waals surface area contributed by atoms with E-state index in [2.05, 4.69) is 26.1 Å². The molecule has 3 heterocycles. The molecule has 106 valence electrons. The molecule has 2 N–H and O–H groups in total. The second-order valence-electron chi connectivity index (χ2n) is 5.27. The minimum Gasteiger partial charge on any atom is -0.347 e. The highest BCUT2D eigenvalue weighted by atomic mass is 16.2. The van der Waals surface area contributed by atoms with E-state index in [0.29, 0.717) is 19.5 Å². The van der Waals surface area contributed by atoms with Crippen molar-refractivity contribution >= 4 is 5.91 Å². The zero-order valence-corrected chi connectivity index (χ0v) is 11.4. The largest absolute Gasteiger partial charge is 0.347 e. The minimum atomic E-state index is -0.148. The Bertz CT molecular complexity index is 524. The van der Waals surface area contributed by atoms with Gasteiger partial charge in [0.2, 0.25) is 5.91 Å². The van der Waals surface area contributed by atoms with Gasteiger partial charge in [0, 0.05) is 39.1 Å². The van der Waals surface area contributed by atoms with E-state index in [1.54, 1.807) is 6.33 Å². The van der Waals surface area contributed by atoms with E-state index in [4.69, 9.17) is 6.42 Å². The van der Waals surface area contributed by atoms with Gasteiger partial charge in [0.25, 0.3) is 0 Å². The van der Waals surface area contributed by atoms with Crippen molar-refractivity contribution in [3.63, 3.8) is 0 Å². The number of fused-ring (bicyclic) bond motifs is 1. The van der Waals surface area contributed by atoms with E-state index < -0.39 is 0 Å². The van der Waals surface area contributed by atoms with Crippen molar-refractivity contribution in [3.8, 4) is 12.3 Å². The van der Waals surface area contributed by atoms with Gasteiger partial charge in [-0.1, -0.05) is 5.92 Å². The van der Waals surface area contributed by atoms with Crippen molar-refractivity contribution in [3.05, 3.63) is 17.7 Å². The molecule has 0 aromatic carbocycles. The second-order valence-corrected chi connectivity index (χ2v) is 5.27. The molecule has 1 aromatic heterocycles. The first kappa shape index (κ1) is 13.2. The molecule has 0 aliphatic carbocycles. The zero-order valence-electron chi connectivity index (χ0n) is 11.4. The Labute approximate surface area is 118 Å². The summed E-state index contributed by atoms with van der Waals surface area (Å²) in [5, 5.41) is 3.29. The van der Waals surface area contributed by atoms with Crippen LogP contribution in [0.2, 0.25) is 0 Å². The topological polar surface area (TPSA) is 64.3 Å². The quantitative estimate of drug-likeness (QED) is 0.693. The van der Waals surface area contributed by atoms with Crippen molar-refractivity contribution in [1.29, 1.82) is 0 Å². The highest BCUT2D eigenvalue weighted by molar-refractivity contribution is 5.82. The van der Waals surface area contributed by atoms with Crippen LogP contribution < -0.4 is 5.32 Å². The number of terminal acetylenes is 1. The van der Waals surface area contributed by atoms with Gasteiger partial charge in [0.1, 0.15) is 0 Å². The first-order chi connectivity index (χ1) is 9.78. The van der Waals surface area contributed by atoms with E-state index in [0.717, 1.165) is 37.6 Å². The van der Waals surface area contributed by atoms with Gasteiger partial charge < -0.3 is 9.88 Å². The number of hydrogen-bond donors (Lipinski definition) is 2.